The van der Waals surface area contributed by atoms with Gasteiger partial charge in [0.25, 0.3) is 0 Å². The summed E-state index contributed by atoms with van der Waals surface area (Å²) in [6, 6.07) is 18.1. The van der Waals surface area contributed by atoms with Crippen LogP contribution in [0.25, 0.3) is 0 Å². The first-order chi connectivity index (χ1) is 10.9. The van der Waals surface area contributed by atoms with Crippen molar-refractivity contribution in [3.63, 3.8) is 0 Å². The summed E-state index contributed by atoms with van der Waals surface area (Å²) in [5.41, 5.74) is 1.17. The third-order valence-electron chi connectivity index (χ3n) is 3.96. The molecule has 1 fully saturated rings. The van der Waals surface area contributed by atoms with Gasteiger partial charge in [0.2, 0.25) is 0 Å². The van der Waals surface area contributed by atoms with Gasteiger partial charge in [-0.15, -0.1) is 0 Å². The van der Waals surface area contributed by atoms with E-state index in [1.54, 1.807) is 0 Å². The molecule has 2 aromatic rings. The lowest BCUT2D eigenvalue weighted by Gasteiger charge is -2.22. The Morgan fingerprint density at radius 1 is 0.909 bits per heavy atom. The summed E-state index contributed by atoms with van der Waals surface area (Å²) in [5.74, 6) is 2.41. The summed E-state index contributed by atoms with van der Waals surface area (Å²) in [7, 11) is 0. The monoisotopic (exact) mass is 297 g/mol. The largest absolute Gasteiger partial charge is 0.493 e. The Morgan fingerprint density at radius 3 is 2.32 bits per heavy atom. The normalized spacial score (nSPS) is 17.9. The van der Waals surface area contributed by atoms with Crippen LogP contribution in [0, 0.1) is 5.92 Å². The molecule has 0 radical (unpaired) electrons. The Hall–Kier alpha value is -2.00. The fraction of sp³-hybridized carbons (Fsp3) is 0.368. The van der Waals surface area contributed by atoms with E-state index in [4.69, 9.17) is 9.47 Å². The molecule has 1 aliphatic rings. The minimum absolute atomic E-state index is 0.592. The Labute approximate surface area is 132 Å². The molecular formula is C19H23NO2. The Kier molecular flexibility index (Phi) is 5.32. The maximum atomic E-state index is 5.87. The van der Waals surface area contributed by atoms with E-state index in [1.165, 1.54) is 18.4 Å². The zero-order chi connectivity index (χ0) is 15.0. The van der Waals surface area contributed by atoms with Crippen LogP contribution in [0.5, 0.6) is 11.5 Å². The van der Waals surface area contributed by atoms with Gasteiger partial charge in [-0.05, 0) is 49.2 Å². The Balaban J connectivity index is 1.45. The van der Waals surface area contributed by atoms with Gasteiger partial charge in [-0.2, -0.15) is 0 Å². The van der Waals surface area contributed by atoms with Crippen LogP contribution in [-0.4, -0.2) is 19.7 Å². The van der Waals surface area contributed by atoms with Gasteiger partial charge in [-0.3, -0.25) is 0 Å². The van der Waals surface area contributed by atoms with Crippen molar-refractivity contribution >= 4 is 0 Å². The van der Waals surface area contributed by atoms with Crippen molar-refractivity contribution in [3.05, 3.63) is 60.2 Å². The molecule has 1 heterocycles. The van der Waals surface area contributed by atoms with Crippen LogP contribution in [0.2, 0.25) is 0 Å². The molecule has 1 unspecified atom stereocenters. The SMILES string of the molecule is c1ccc(COc2ccc(OCC3CCCNC3)cc2)cc1. The van der Waals surface area contributed by atoms with Gasteiger partial charge in [0, 0.05) is 12.5 Å². The molecule has 3 heteroatoms. The number of ether oxygens (including phenoxy) is 2. The second-order valence-corrected chi connectivity index (χ2v) is 5.77. The molecule has 1 saturated heterocycles. The van der Waals surface area contributed by atoms with Gasteiger partial charge in [0.1, 0.15) is 18.1 Å². The topological polar surface area (TPSA) is 30.5 Å². The highest BCUT2D eigenvalue weighted by Gasteiger charge is 2.13. The Bertz CT molecular complexity index is 547. The van der Waals surface area contributed by atoms with Crippen LogP contribution in [0.4, 0.5) is 0 Å². The zero-order valence-corrected chi connectivity index (χ0v) is 12.8. The van der Waals surface area contributed by atoms with Crippen molar-refractivity contribution in [3.8, 4) is 11.5 Å². The van der Waals surface area contributed by atoms with Crippen molar-refractivity contribution in [2.24, 2.45) is 5.92 Å². The smallest absolute Gasteiger partial charge is 0.120 e. The molecule has 1 N–H and O–H groups in total. The van der Waals surface area contributed by atoms with Crippen LogP contribution in [0.15, 0.2) is 54.6 Å². The molecule has 0 bridgehead atoms. The first kappa shape index (κ1) is 14.9. The van der Waals surface area contributed by atoms with Crippen LogP contribution in [0.3, 0.4) is 0 Å². The molecule has 0 amide bonds. The predicted molar refractivity (Wildman–Crippen MR) is 88.3 cm³/mol. The van der Waals surface area contributed by atoms with E-state index in [2.05, 4.69) is 17.4 Å². The van der Waals surface area contributed by atoms with Crippen LogP contribution in [0.1, 0.15) is 18.4 Å². The lowest BCUT2D eigenvalue weighted by molar-refractivity contribution is 0.218. The molecule has 116 valence electrons. The summed E-state index contributed by atoms with van der Waals surface area (Å²) in [4.78, 5) is 0. The number of benzene rings is 2. The fourth-order valence-corrected chi connectivity index (χ4v) is 2.65. The lowest BCUT2D eigenvalue weighted by atomic mass is 10.0. The van der Waals surface area contributed by atoms with Crippen molar-refractivity contribution in [2.45, 2.75) is 19.4 Å². The third-order valence-corrected chi connectivity index (χ3v) is 3.96. The van der Waals surface area contributed by atoms with Crippen LogP contribution in [-0.2, 0) is 6.61 Å². The van der Waals surface area contributed by atoms with Gasteiger partial charge >= 0.3 is 0 Å². The minimum Gasteiger partial charge on any atom is -0.493 e. The highest BCUT2D eigenvalue weighted by Crippen LogP contribution is 2.20. The van der Waals surface area contributed by atoms with E-state index < -0.39 is 0 Å². The average Bonchev–Trinajstić information content (AvgIpc) is 2.61. The van der Waals surface area contributed by atoms with Crippen molar-refractivity contribution < 1.29 is 9.47 Å². The van der Waals surface area contributed by atoms with Crippen LogP contribution >= 0.6 is 0 Å². The van der Waals surface area contributed by atoms with E-state index in [0.29, 0.717) is 12.5 Å². The highest BCUT2D eigenvalue weighted by atomic mass is 16.5. The summed E-state index contributed by atoms with van der Waals surface area (Å²) in [5, 5.41) is 3.41. The molecule has 0 aliphatic carbocycles. The third kappa shape index (κ3) is 4.50. The molecule has 0 spiro atoms. The molecule has 3 rings (SSSR count). The quantitative estimate of drug-likeness (QED) is 0.883. The molecule has 3 nitrogen and oxygen atoms in total. The Morgan fingerprint density at radius 2 is 1.64 bits per heavy atom. The predicted octanol–water partition coefficient (Wildman–Crippen LogP) is 3.64. The second kappa shape index (κ2) is 7.85. The number of hydrogen-bond donors (Lipinski definition) is 1. The number of nitrogens with one attached hydrogen (secondary N) is 1. The second-order valence-electron chi connectivity index (χ2n) is 5.77. The molecule has 2 aromatic carbocycles. The fourth-order valence-electron chi connectivity index (χ4n) is 2.65. The summed E-state index contributed by atoms with van der Waals surface area (Å²) >= 11 is 0. The number of rotatable bonds is 6. The number of hydrogen-bond acceptors (Lipinski definition) is 3. The maximum Gasteiger partial charge on any atom is 0.120 e. The maximum absolute atomic E-state index is 5.87. The van der Waals surface area contributed by atoms with E-state index in [0.717, 1.165) is 31.2 Å². The lowest BCUT2D eigenvalue weighted by Crippen LogP contribution is -2.33. The number of piperidine rings is 1. The molecule has 1 atom stereocenters. The van der Waals surface area contributed by atoms with Crippen molar-refractivity contribution in [2.75, 3.05) is 19.7 Å². The summed E-state index contributed by atoms with van der Waals surface area (Å²) < 4.78 is 11.6. The first-order valence-electron chi connectivity index (χ1n) is 8.00. The average molecular weight is 297 g/mol. The van der Waals surface area contributed by atoms with E-state index in [1.807, 2.05) is 42.5 Å². The van der Waals surface area contributed by atoms with Gasteiger partial charge in [0.15, 0.2) is 0 Å². The molecule has 0 saturated carbocycles. The molecule has 0 aromatic heterocycles. The minimum atomic E-state index is 0.592. The van der Waals surface area contributed by atoms with Gasteiger partial charge in [-0.25, -0.2) is 0 Å². The molecule has 22 heavy (non-hydrogen) atoms. The van der Waals surface area contributed by atoms with E-state index in [-0.39, 0.29) is 0 Å². The zero-order valence-electron chi connectivity index (χ0n) is 12.8. The molecular weight excluding hydrogens is 274 g/mol. The van der Waals surface area contributed by atoms with Crippen LogP contribution < -0.4 is 14.8 Å². The van der Waals surface area contributed by atoms with E-state index in [9.17, 15) is 0 Å². The standard InChI is InChI=1S/C19H23NO2/c1-2-5-16(6-3-1)14-21-18-8-10-19(11-9-18)22-15-17-7-4-12-20-13-17/h1-3,5-6,8-11,17,20H,4,7,12-15H2. The van der Waals surface area contributed by atoms with Gasteiger partial charge < -0.3 is 14.8 Å². The van der Waals surface area contributed by atoms with Gasteiger partial charge in [0.05, 0.1) is 6.61 Å². The first-order valence-corrected chi connectivity index (χ1v) is 8.00. The molecule has 1 aliphatic heterocycles. The summed E-state index contributed by atoms with van der Waals surface area (Å²) in [6.45, 7) is 3.59. The van der Waals surface area contributed by atoms with Crippen molar-refractivity contribution in [1.29, 1.82) is 0 Å². The highest BCUT2D eigenvalue weighted by molar-refractivity contribution is 5.31. The van der Waals surface area contributed by atoms with Crippen molar-refractivity contribution in [1.82, 2.24) is 5.32 Å². The summed E-state index contributed by atoms with van der Waals surface area (Å²) in [6.07, 6.45) is 2.51. The van der Waals surface area contributed by atoms with E-state index >= 15 is 0 Å². The van der Waals surface area contributed by atoms with Gasteiger partial charge in [-0.1, -0.05) is 30.3 Å².